The van der Waals surface area contributed by atoms with E-state index in [1.165, 1.54) is 32.9 Å². The highest BCUT2D eigenvalue weighted by Gasteiger charge is 2.26. The van der Waals surface area contributed by atoms with Crippen molar-refractivity contribution in [2.75, 3.05) is 0 Å². The van der Waals surface area contributed by atoms with Gasteiger partial charge >= 0.3 is 0 Å². The molecule has 0 aliphatic rings. The Labute approximate surface area is 254 Å². The number of fused-ring (bicyclic) bond motifs is 10. The smallest absolute Gasteiger partial charge is 0.216 e. The third-order valence-corrected chi connectivity index (χ3v) is 9.30. The number of aromatic nitrogens is 2. The van der Waals surface area contributed by atoms with Gasteiger partial charge in [-0.25, -0.2) is 4.57 Å². The van der Waals surface area contributed by atoms with E-state index in [0.29, 0.717) is 11.8 Å². The Hall–Kier alpha value is -5.22. The van der Waals surface area contributed by atoms with E-state index in [4.69, 9.17) is 8.83 Å². The number of para-hydroxylation sites is 2. The molecular weight excluding hydrogens is 540 g/mol. The van der Waals surface area contributed by atoms with Crippen LogP contribution < -0.4 is 0 Å². The molecule has 9 aromatic rings. The van der Waals surface area contributed by atoms with E-state index in [-0.39, 0.29) is 0 Å². The van der Waals surface area contributed by atoms with Gasteiger partial charge in [0.1, 0.15) is 11.2 Å². The zero-order chi connectivity index (χ0) is 29.7. The van der Waals surface area contributed by atoms with Gasteiger partial charge in [-0.15, -0.1) is 0 Å². The van der Waals surface area contributed by atoms with Gasteiger partial charge in [0.05, 0.1) is 27.5 Å². The van der Waals surface area contributed by atoms with Crippen LogP contribution in [0.25, 0.3) is 77.3 Å². The van der Waals surface area contributed by atoms with Gasteiger partial charge in [0.25, 0.3) is 0 Å². The highest BCUT2D eigenvalue weighted by atomic mass is 16.4. The van der Waals surface area contributed by atoms with Gasteiger partial charge in [-0.2, -0.15) is 0 Å². The summed E-state index contributed by atoms with van der Waals surface area (Å²) in [6.07, 6.45) is 0. The van der Waals surface area contributed by atoms with E-state index in [1.54, 1.807) is 0 Å². The van der Waals surface area contributed by atoms with Crippen molar-refractivity contribution < 1.29 is 8.83 Å². The molecule has 9 rings (SSSR count). The first-order valence-corrected chi connectivity index (χ1v) is 15.5. The summed E-state index contributed by atoms with van der Waals surface area (Å²) < 4.78 is 17.9. The molecule has 0 radical (unpaired) electrons. The number of rotatable bonds is 4. The molecule has 4 nitrogen and oxygen atoms in total. The second kappa shape index (κ2) is 9.14. The maximum absolute atomic E-state index is 6.71. The Morgan fingerprint density at radius 2 is 0.932 bits per heavy atom. The Balaban J connectivity index is 1.38. The molecule has 4 aromatic heterocycles. The average Bonchev–Trinajstić information content (AvgIpc) is 3.76. The summed E-state index contributed by atoms with van der Waals surface area (Å²) in [5, 5.41) is 6.97. The summed E-state index contributed by atoms with van der Waals surface area (Å²) in [6.45, 7) is 8.95. The molecule has 0 aliphatic carbocycles. The van der Waals surface area contributed by atoms with E-state index < -0.39 is 0 Å². The normalized spacial score (nSPS) is 12.5. The summed E-state index contributed by atoms with van der Waals surface area (Å²) in [7, 11) is 0. The van der Waals surface area contributed by atoms with Crippen molar-refractivity contribution in [2.24, 2.45) is 0 Å². The van der Waals surface area contributed by atoms with Crippen molar-refractivity contribution >= 4 is 65.9 Å². The predicted octanol–water partition coefficient (Wildman–Crippen LogP) is 11.6. The van der Waals surface area contributed by atoms with E-state index in [2.05, 4.69) is 146 Å². The molecule has 4 heterocycles. The lowest BCUT2D eigenvalue weighted by Gasteiger charge is -2.11. The van der Waals surface area contributed by atoms with Gasteiger partial charge in [-0.1, -0.05) is 82.3 Å². The van der Waals surface area contributed by atoms with Crippen molar-refractivity contribution in [3.8, 4) is 11.4 Å². The van der Waals surface area contributed by atoms with E-state index in [9.17, 15) is 0 Å². The molecule has 0 aliphatic heterocycles. The van der Waals surface area contributed by atoms with Crippen molar-refractivity contribution in [2.45, 2.75) is 39.5 Å². The minimum atomic E-state index is 0.415. The monoisotopic (exact) mass is 572 g/mol. The van der Waals surface area contributed by atoms with Gasteiger partial charge in [0.15, 0.2) is 0 Å². The molecule has 214 valence electrons. The Bertz CT molecular complexity index is 2410. The molecular formula is C40H32N2O2. The zero-order valence-electron chi connectivity index (χ0n) is 25.3. The van der Waals surface area contributed by atoms with Gasteiger partial charge in [0.2, 0.25) is 11.4 Å². The molecule has 44 heavy (non-hydrogen) atoms. The lowest BCUT2D eigenvalue weighted by molar-refractivity contribution is 0.614. The van der Waals surface area contributed by atoms with Gasteiger partial charge in [0, 0.05) is 27.2 Å². The lowest BCUT2D eigenvalue weighted by atomic mass is 9.99. The maximum Gasteiger partial charge on any atom is 0.216 e. The lowest BCUT2D eigenvalue weighted by Crippen LogP contribution is -1.98. The second-order valence-corrected chi connectivity index (χ2v) is 12.6. The first-order valence-electron chi connectivity index (χ1n) is 15.5. The standard InChI is InChI=1S/C40H32N2O2/c1-23(2)25-16-18-35-31(20-25)37-38-32-21-26(24(3)4)17-19-36(32)44-40(38)42(39(37)43-35)28-11-9-10-27(22-28)41-33-14-7-5-12-29(33)30-13-6-8-15-34(30)41/h5-24H,1-4H3. The van der Waals surface area contributed by atoms with Crippen LogP contribution in [0.15, 0.2) is 118 Å². The van der Waals surface area contributed by atoms with Crippen LogP contribution in [0.4, 0.5) is 0 Å². The first kappa shape index (κ1) is 25.3. The Kier molecular flexibility index (Phi) is 5.25. The minimum Gasteiger partial charge on any atom is -0.439 e. The van der Waals surface area contributed by atoms with Crippen LogP contribution in [-0.4, -0.2) is 9.13 Å². The molecule has 0 saturated heterocycles. The fraction of sp³-hybridized carbons (Fsp3) is 0.150. The maximum atomic E-state index is 6.71. The predicted molar refractivity (Wildman–Crippen MR) is 183 cm³/mol. The van der Waals surface area contributed by atoms with Crippen molar-refractivity contribution in [1.29, 1.82) is 0 Å². The van der Waals surface area contributed by atoms with Crippen molar-refractivity contribution in [3.05, 3.63) is 120 Å². The van der Waals surface area contributed by atoms with E-state index in [0.717, 1.165) is 55.5 Å². The second-order valence-electron chi connectivity index (χ2n) is 12.6. The minimum absolute atomic E-state index is 0.415. The molecule has 0 unspecified atom stereocenters. The SMILES string of the molecule is CC(C)c1ccc2oc3c(c2c1)c1c2cc(C(C)C)ccc2oc1n3-c1cccc(-n2c3ccccc3c3ccccc32)c1. The van der Waals surface area contributed by atoms with Crippen LogP contribution in [0, 0.1) is 0 Å². The largest absolute Gasteiger partial charge is 0.439 e. The molecule has 0 amide bonds. The number of nitrogens with zero attached hydrogens (tertiary/aromatic N) is 2. The van der Waals surface area contributed by atoms with Gasteiger partial charge in [-0.05, 0) is 77.6 Å². The molecule has 0 saturated carbocycles. The summed E-state index contributed by atoms with van der Waals surface area (Å²) in [4.78, 5) is 0. The van der Waals surface area contributed by atoms with E-state index >= 15 is 0 Å². The quantitative estimate of drug-likeness (QED) is 0.210. The zero-order valence-corrected chi connectivity index (χ0v) is 25.3. The Morgan fingerprint density at radius 3 is 1.43 bits per heavy atom. The highest BCUT2D eigenvalue weighted by molar-refractivity contribution is 6.26. The Morgan fingerprint density at radius 1 is 0.455 bits per heavy atom. The molecule has 0 atom stereocenters. The number of benzene rings is 5. The molecule has 4 heteroatoms. The van der Waals surface area contributed by atoms with Crippen LogP contribution in [0.2, 0.25) is 0 Å². The molecule has 0 bridgehead atoms. The van der Waals surface area contributed by atoms with Crippen LogP contribution in [-0.2, 0) is 0 Å². The summed E-state index contributed by atoms with van der Waals surface area (Å²) in [5.41, 5.74) is 10.5. The number of hydrogen-bond donors (Lipinski definition) is 0. The highest BCUT2D eigenvalue weighted by Crippen LogP contribution is 2.45. The molecule has 0 fully saturated rings. The van der Waals surface area contributed by atoms with Crippen molar-refractivity contribution in [3.63, 3.8) is 0 Å². The summed E-state index contributed by atoms with van der Waals surface area (Å²) in [5.74, 6) is 0.830. The first-order chi connectivity index (χ1) is 21.5. The number of furan rings is 2. The molecule has 0 N–H and O–H groups in total. The number of hydrogen-bond acceptors (Lipinski definition) is 2. The fourth-order valence-corrected chi connectivity index (χ4v) is 7.02. The van der Waals surface area contributed by atoms with Crippen LogP contribution in [0.5, 0.6) is 0 Å². The summed E-state index contributed by atoms with van der Waals surface area (Å²) >= 11 is 0. The van der Waals surface area contributed by atoms with Gasteiger partial charge in [-0.3, -0.25) is 0 Å². The van der Waals surface area contributed by atoms with Crippen LogP contribution in [0.1, 0.15) is 50.7 Å². The van der Waals surface area contributed by atoms with Crippen molar-refractivity contribution in [1.82, 2.24) is 9.13 Å². The summed E-state index contributed by atoms with van der Waals surface area (Å²) in [6, 6.07) is 39.2. The van der Waals surface area contributed by atoms with E-state index in [1.807, 2.05) is 0 Å². The fourth-order valence-electron chi connectivity index (χ4n) is 7.02. The van der Waals surface area contributed by atoms with Crippen LogP contribution >= 0.6 is 0 Å². The third-order valence-electron chi connectivity index (χ3n) is 9.30. The molecule has 0 spiro atoms. The van der Waals surface area contributed by atoms with Crippen LogP contribution in [0.3, 0.4) is 0 Å². The average molecular weight is 573 g/mol. The topological polar surface area (TPSA) is 36.1 Å². The van der Waals surface area contributed by atoms with Gasteiger partial charge < -0.3 is 13.4 Å². The molecule has 5 aromatic carbocycles. The third kappa shape index (κ3) is 3.45.